The molecule has 3 rings (SSSR count). The predicted octanol–water partition coefficient (Wildman–Crippen LogP) is 2.92. The highest BCUT2D eigenvalue weighted by Crippen LogP contribution is 2.28. The van der Waals surface area contributed by atoms with Crippen molar-refractivity contribution >= 4 is 34.0 Å². The molecule has 0 N–H and O–H groups in total. The van der Waals surface area contributed by atoms with E-state index >= 15 is 0 Å². The molecule has 1 aromatic carbocycles. The van der Waals surface area contributed by atoms with E-state index in [0.717, 1.165) is 5.69 Å². The summed E-state index contributed by atoms with van der Waals surface area (Å²) in [5, 5.41) is 5.35. The molecule has 0 fully saturated rings. The van der Waals surface area contributed by atoms with E-state index in [1.165, 1.54) is 21.6 Å². The molecule has 1 atom stereocenters. The summed E-state index contributed by atoms with van der Waals surface area (Å²) in [6.07, 6.45) is 3.27. The summed E-state index contributed by atoms with van der Waals surface area (Å²) in [7, 11) is 0. The van der Waals surface area contributed by atoms with Gasteiger partial charge in [-0.3, -0.25) is 0 Å². The maximum absolute atomic E-state index is 4.50. The van der Waals surface area contributed by atoms with E-state index in [1.807, 2.05) is 16.8 Å². The summed E-state index contributed by atoms with van der Waals surface area (Å²) in [6, 6.07) is 8.38. The Labute approximate surface area is 109 Å². The summed E-state index contributed by atoms with van der Waals surface area (Å²) in [4.78, 5) is 3.96. The number of fused-ring (bicyclic) bond motifs is 1. The van der Waals surface area contributed by atoms with Gasteiger partial charge in [-0.1, -0.05) is 18.2 Å². The van der Waals surface area contributed by atoms with Gasteiger partial charge in [0.25, 0.3) is 0 Å². The lowest BCUT2D eigenvalue weighted by Gasteiger charge is -2.08. The number of benzene rings is 1. The van der Waals surface area contributed by atoms with Gasteiger partial charge >= 0.3 is 0 Å². The summed E-state index contributed by atoms with van der Waals surface area (Å²) >= 11 is 1.53. The number of rotatable bonds is 2. The number of hydrogen-bond donors (Lipinski definition) is 0. The molecule has 2 aromatic heterocycles. The van der Waals surface area contributed by atoms with Crippen LogP contribution in [-0.2, 0) is 0 Å². The van der Waals surface area contributed by atoms with Crippen molar-refractivity contribution in [2.24, 2.45) is 0 Å². The van der Waals surface area contributed by atoms with E-state index < -0.39 is 0 Å². The van der Waals surface area contributed by atoms with Gasteiger partial charge in [0, 0.05) is 5.39 Å². The van der Waals surface area contributed by atoms with Crippen LogP contribution in [0.5, 0.6) is 0 Å². The molecule has 0 aliphatic carbocycles. The molecule has 0 spiro atoms. The first-order chi connectivity index (χ1) is 7.86. The Balaban J connectivity index is 0.00000108. The number of halogens is 1. The molecule has 4 nitrogen and oxygen atoms in total. The zero-order chi connectivity index (χ0) is 11.0. The maximum Gasteiger partial charge on any atom is 0.137 e. The van der Waals surface area contributed by atoms with Gasteiger partial charge in [-0.15, -0.1) is 12.4 Å². The van der Waals surface area contributed by atoms with Crippen LogP contribution >= 0.6 is 23.9 Å². The van der Waals surface area contributed by atoms with Gasteiger partial charge in [-0.2, -0.15) is 9.47 Å². The molecule has 0 amide bonds. The van der Waals surface area contributed by atoms with Crippen LogP contribution in [0.4, 0.5) is 0 Å². The highest BCUT2D eigenvalue weighted by molar-refractivity contribution is 7.13. The maximum atomic E-state index is 4.50. The van der Waals surface area contributed by atoms with Crippen LogP contribution in [-0.4, -0.2) is 19.1 Å². The summed E-state index contributed by atoms with van der Waals surface area (Å²) < 4.78 is 7.54. The third-order valence-electron chi connectivity index (χ3n) is 2.63. The van der Waals surface area contributed by atoms with Crippen molar-refractivity contribution < 1.29 is 0 Å². The van der Waals surface area contributed by atoms with Gasteiger partial charge < -0.3 is 0 Å². The third-order valence-corrected chi connectivity index (χ3v) is 3.48. The Morgan fingerprint density at radius 3 is 2.88 bits per heavy atom. The van der Waals surface area contributed by atoms with Crippen LogP contribution in [0, 0.1) is 0 Å². The van der Waals surface area contributed by atoms with E-state index in [9.17, 15) is 0 Å². The Kier molecular flexibility index (Phi) is 3.40. The quantitative estimate of drug-likeness (QED) is 0.716. The first kappa shape index (κ1) is 12.0. The van der Waals surface area contributed by atoms with E-state index in [0.29, 0.717) is 0 Å². The molecule has 1 unspecified atom stereocenters. The minimum absolute atomic E-state index is 0. The standard InChI is InChI=1S/C11H10N4S.ClH/c1-8(15-7-12-6-13-15)11-9-4-2-3-5-10(9)16-14-11;/h2-8H,1H3;1H. The van der Waals surface area contributed by atoms with Crippen molar-refractivity contribution in [2.75, 3.05) is 0 Å². The van der Waals surface area contributed by atoms with Crippen LogP contribution in [0.2, 0.25) is 0 Å². The molecular weight excluding hydrogens is 256 g/mol. The normalized spacial score (nSPS) is 12.3. The molecule has 17 heavy (non-hydrogen) atoms. The van der Waals surface area contributed by atoms with Crippen LogP contribution < -0.4 is 0 Å². The van der Waals surface area contributed by atoms with Gasteiger partial charge in [0.15, 0.2) is 0 Å². The van der Waals surface area contributed by atoms with Crippen molar-refractivity contribution in [3.05, 3.63) is 42.6 Å². The second-order valence-corrected chi connectivity index (χ2v) is 4.42. The summed E-state index contributed by atoms with van der Waals surface area (Å²) in [5.74, 6) is 0. The highest BCUT2D eigenvalue weighted by atomic mass is 35.5. The molecular formula is C11H11ClN4S. The highest BCUT2D eigenvalue weighted by Gasteiger charge is 2.14. The average Bonchev–Trinajstić information content (AvgIpc) is 2.98. The van der Waals surface area contributed by atoms with Crippen LogP contribution in [0.3, 0.4) is 0 Å². The minimum Gasteiger partial charge on any atom is -0.244 e. The molecule has 0 bridgehead atoms. The van der Waals surface area contributed by atoms with Gasteiger partial charge in [0.1, 0.15) is 12.7 Å². The fourth-order valence-corrected chi connectivity index (χ4v) is 2.61. The predicted molar refractivity (Wildman–Crippen MR) is 70.7 cm³/mol. The summed E-state index contributed by atoms with van der Waals surface area (Å²) in [6.45, 7) is 2.08. The van der Waals surface area contributed by atoms with Crippen molar-refractivity contribution in [3.63, 3.8) is 0 Å². The largest absolute Gasteiger partial charge is 0.244 e. The van der Waals surface area contributed by atoms with Crippen LogP contribution in [0.25, 0.3) is 10.1 Å². The Morgan fingerprint density at radius 1 is 1.29 bits per heavy atom. The Morgan fingerprint density at radius 2 is 2.12 bits per heavy atom. The van der Waals surface area contributed by atoms with Crippen molar-refractivity contribution in [2.45, 2.75) is 13.0 Å². The lowest BCUT2D eigenvalue weighted by Crippen LogP contribution is -2.07. The average molecular weight is 267 g/mol. The number of nitrogens with zero attached hydrogens (tertiary/aromatic N) is 4. The van der Waals surface area contributed by atoms with Gasteiger partial charge in [0.05, 0.1) is 16.4 Å². The smallest absolute Gasteiger partial charge is 0.137 e. The van der Waals surface area contributed by atoms with Gasteiger partial charge in [-0.25, -0.2) is 9.67 Å². The van der Waals surface area contributed by atoms with E-state index in [1.54, 1.807) is 12.7 Å². The van der Waals surface area contributed by atoms with Crippen LogP contribution in [0.15, 0.2) is 36.9 Å². The first-order valence-electron chi connectivity index (χ1n) is 5.04. The lowest BCUT2D eigenvalue weighted by atomic mass is 10.1. The fraction of sp³-hybridized carbons (Fsp3) is 0.182. The van der Waals surface area contributed by atoms with Crippen molar-refractivity contribution in [1.82, 2.24) is 19.1 Å². The summed E-state index contributed by atoms with van der Waals surface area (Å²) in [5.41, 5.74) is 1.06. The van der Waals surface area contributed by atoms with Crippen molar-refractivity contribution in [3.8, 4) is 0 Å². The number of aromatic nitrogens is 4. The van der Waals surface area contributed by atoms with E-state index in [-0.39, 0.29) is 18.4 Å². The molecule has 3 aromatic rings. The second kappa shape index (κ2) is 4.81. The van der Waals surface area contributed by atoms with Gasteiger partial charge in [-0.05, 0) is 24.5 Å². The van der Waals surface area contributed by atoms with Crippen LogP contribution in [0.1, 0.15) is 18.7 Å². The first-order valence-corrected chi connectivity index (χ1v) is 5.82. The molecule has 0 aliphatic rings. The molecule has 0 saturated heterocycles. The topological polar surface area (TPSA) is 43.6 Å². The van der Waals surface area contributed by atoms with E-state index in [2.05, 4.69) is 33.5 Å². The zero-order valence-electron chi connectivity index (χ0n) is 9.15. The molecule has 6 heteroatoms. The molecule has 88 valence electrons. The third kappa shape index (κ3) is 2.03. The SMILES string of the molecule is CC(c1nsc2ccccc12)n1cncn1.Cl. The molecule has 0 aliphatic heterocycles. The van der Waals surface area contributed by atoms with Crippen molar-refractivity contribution in [1.29, 1.82) is 0 Å². The van der Waals surface area contributed by atoms with E-state index in [4.69, 9.17) is 0 Å². The molecule has 0 radical (unpaired) electrons. The van der Waals surface area contributed by atoms with Gasteiger partial charge in [0.2, 0.25) is 0 Å². The lowest BCUT2D eigenvalue weighted by molar-refractivity contribution is 0.557. The molecule has 0 saturated carbocycles. The second-order valence-electron chi connectivity index (χ2n) is 3.62. The monoisotopic (exact) mass is 266 g/mol. The minimum atomic E-state index is 0. The number of hydrogen-bond acceptors (Lipinski definition) is 4. The Hall–Kier alpha value is -1.46. The zero-order valence-corrected chi connectivity index (χ0v) is 10.8. The fourth-order valence-electron chi connectivity index (χ4n) is 1.75. The molecule has 2 heterocycles. The Bertz CT molecular complexity index is 605.